The summed E-state index contributed by atoms with van der Waals surface area (Å²) in [6.45, 7) is 8.70. The third-order valence-corrected chi connectivity index (χ3v) is 3.65. The van der Waals surface area contributed by atoms with Gasteiger partial charge in [0.15, 0.2) is 0 Å². The maximum absolute atomic E-state index is 12.2. The van der Waals surface area contributed by atoms with E-state index in [0.29, 0.717) is 25.9 Å². The highest BCUT2D eigenvalue weighted by atomic mass is 16.5. The van der Waals surface area contributed by atoms with Crippen LogP contribution >= 0.6 is 0 Å². The monoisotopic (exact) mass is 285 g/mol. The van der Waals surface area contributed by atoms with Crippen LogP contribution in [-0.2, 0) is 14.3 Å². The summed E-state index contributed by atoms with van der Waals surface area (Å²) >= 11 is 0. The van der Waals surface area contributed by atoms with Gasteiger partial charge in [0.05, 0.1) is 6.10 Å². The Morgan fingerprint density at radius 1 is 1.40 bits per heavy atom. The van der Waals surface area contributed by atoms with E-state index in [2.05, 4.69) is 26.1 Å². The van der Waals surface area contributed by atoms with Gasteiger partial charge >= 0.3 is 5.97 Å². The number of nitrogens with one attached hydrogen (secondary N) is 1. The molecule has 0 aromatic rings. The fourth-order valence-electron chi connectivity index (χ4n) is 2.36. The van der Waals surface area contributed by atoms with Crippen LogP contribution in [0.5, 0.6) is 0 Å². The van der Waals surface area contributed by atoms with E-state index in [1.54, 1.807) is 0 Å². The smallest absolute Gasteiger partial charge is 0.326 e. The molecule has 0 radical (unpaired) electrons. The van der Waals surface area contributed by atoms with E-state index in [4.69, 9.17) is 4.74 Å². The lowest BCUT2D eigenvalue weighted by Crippen LogP contribution is -2.45. The van der Waals surface area contributed by atoms with Gasteiger partial charge in [0, 0.05) is 12.5 Å². The highest BCUT2D eigenvalue weighted by Crippen LogP contribution is 2.23. The number of amides is 1. The Balaban J connectivity index is 2.52. The van der Waals surface area contributed by atoms with Gasteiger partial charge in [0.2, 0.25) is 5.91 Å². The summed E-state index contributed by atoms with van der Waals surface area (Å²) in [4.78, 5) is 23.4. The standard InChI is InChI=1S/C15H27NO4/c1-10-9-11(6-8-20-10)13(17)16-12(14(18)19)5-7-15(2,3)4/h10-12H,5-9H2,1-4H3,(H,16,17)(H,18,19). The zero-order valence-corrected chi connectivity index (χ0v) is 12.9. The van der Waals surface area contributed by atoms with Crippen LogP contribution < -0.4 is 5.32 Å². The molecular formula is C15H27NO4. The number of carboxylic acids is 1. The average molecular weight is 285 g/mol. The number of carboxylic acid groups (broad SMARTS) is 1. The molecule has 0 aromatic carbocycles. The van der Waals surface area contributed by atoms with Crippen LogP contribution in [0.25, 0.3) is 0 Å². The van der Waals surface area contributed by atoms with Crippen molar-refractivity contribution in [3.8, 4) is 0 Å². The third-order valence-electron chi connectivity index (χ3n) is 3.65. The van der Waals surface area contributed by atoms with Gasteiger partial charge in [-0.05, 0) is 38.0 Å². The molecule has 116 valence electrons. The van der Waals surface area contributed by atoms with Gasteiger partial charge in [-0.15, -0.1) is 0 Å². The minimum atomic E-state index is -0.956. The van der Waals surface area contributed by atoms with Gasteiger partial charge in [-0.1, -0.05) is 20.8 Å². The molecule has 1 amide bonds. The van der Waals surface area contributed by atoms with E-state index in [9.17, 15) is 14.7 Å². The maximum atomic E-state index is 12.2. The van der Waals surface area contributed by atoms with Gasteiger partial charge in [-0.2, -0.15) is 0 Å². The highest BCUT2D eigenvalue weighted by Gasteiger charge is 2.29. The Bertz CT molecular complexity index is 348. The second-order valence-electron chi connectivity index (χ2n) is 6.90. The van der Waals surface area contributed by atoms with Crippen molar-refractivity contribution in [2.45, 2.75) is 65.5 Å². The zero-order valence-electron chi connectivity index (χ0n) is 12.9. The van der Waals surface area contributed by atoms with Crippen LogP contribution in [0.15, 0.2) is 0 Å². The number of hydrogen-bond donors (Lipinski definition) is 2. The predicted molar refractivity (Wildman–Crippen MR) is 76.4 cm³/mol. The molecule has 5 heteroatoms. The van der Waals surface area contributed by atoms with Crippen LogP contribution in [0.1, 0.15) is 53.4 Å². The summed E-state index contributed by atoms with van der Waals surface area (Å²) in [6, 6.07) is -0.792. The number of carbonyl (C=O) groups is 2. The summed E-state index contributed by atoms with van der Waals surface area (Å²) in [5, 5.41) is 11.9. The highest BCUT2D eigenvalue weighted by molar-refractivity contribution is 5.85. The first-order valence-electron chi connectivity index (χ1n) is 7.34. The zero-order chi connectivity index (χ0) is 15.3. The van der Waals surface area contributed by atoms with Gasteiger partial charge < -0.3 is 15.2 Å². The molecule has 0 aliphatic carbocycles. The summed E-state index contributed by atoms with van der Waals surface area (Å²) in [5.74, 6) is -1.24. The second kappa shape index (κ2) is 7.07. The molecule has 0 bridgehead atoms. The Labute approximate surface area is 121 Å². The third kappa shape index (κ3) is 5.90. The van der Waals surface area contributed by atoms with E-state index in [0.717, 1.165) is 6.42 Å². The normalized spacial score (nSPS) is 25.0. The first-order valence-corrected chi connectivity index (χ1v) is 7.34. The molecule has 0 aromatic heterocycles. The van der Waals surface area contributed by atoms with E-state index in [-0.39, 0.29) is 23.3 Å². The van der Waals surface area contributed by atoms with E-state index in [1.807, 2.05) is 6.92 Å². The van der Waals surface area contributed by atoms with Crippen LogP contribution in [0.3, 0.4) is 0 Å². The Hall–Kier alpha value is -1.10. The maximum Gasteiger partial charge on any atom is 0.326 e. The second-order valence-corrected chi connectivity index (χ2v) is 6.90. The SMILES string of the molecule is CC1CC(C(=O)NC(CCC(C)(C)C)C(=O)O)CCO1. The van der Waals surface area contributed by atoms with Crippen LogP contribution in [0.4, 0.5) is 0 Å². The Morgan fingerprint density at radius 3 is 2.55 bits per heavy atom. The van der Waals surface area contributed by atoms with Crippen molar-refractivity contribution in [3.63, 3.8) is 0 Å². The Kier molecular flexibility index (Phi) is 5.99. The molecule has 1 rings (SSSR count). The lowest BCUT2D eigenvalue weighted by Gasteiger charge is -2.28. The summed E-state index contributed by atoms with van der Waals surface area (Å²) in [5.41, 5.74) is 0.0611. The molecule has 3 unspecified atom stereocenters. The van der Waals surface area contributed by atoms with Crippen molar-refractivity contribution in [2.75, 3.05) is 6.61 Å². The van der Waals surface area contributed by atoms with E-state index in [1.165, 1.54) is 0 Å². The summed E-state index contributed by atoms with van der Waals surface area (Å²) < 4.78 is 5.41. The first-order chi connectivity index (χ1) is 9.19. The van der Waals surface area contributed by atoms with Crippen molar-refractivity contribution in [3.05, 3.63) is 0 Å². The van der Waals surface area contributed by atoms with Crippen LogP contribution in [-0.4, -0.2) is 35.7 Å². The molecular weight excluding hydrogens is 258 g/mol. The largest absolute Gasteiger partial charge is 0.480 e. The van der Waals surface area contributed by atoms with E-state index < -0.39 is 12.0 Å². The fraction of sp³-hybridized carbons (Fsp3) is 0.867. The molecule has 1 heterocycles. The lowest BCUT2D eigenvalue weighted by atomic mass is 9.88. The first kappa shape index (κ1) is 17.0. The molecule has 0 spiro atoms. The van der Waals surface area contributed by atoms with Crippen LogP contribution in [0, 0.1) is 11.3 Å². The number of hydrogen-bond acceptors (Lipinski definition) is 3. The summed E-state index contributed by atoms with van der Waals surface area (Å²) in [7, 11) is 0. The molecule has 0 saturated carbocycles. The quantitative estimate of drug-likeness (QED) is 0.812. The van der Waals surface area contributed by atoms with Gasteiger partial charge in [-0.25, -0.2) is 4.79 Å². The Morgan fingerprint density at radius 2 is 2.05 bits per heavy atom. The van der Waals surface area contributed by atoms with Crippen molar-refractivity contribution in [1.82, 2.24) is 5.32 Å². The molecule has 1 saturated heterocycles. The fourth-order valence-corrected chi connectivity index (χ4v) is 2.36. The van der Waals surface area contributed by atoms with Gasteiger partial charge in [-0.3, -0.25) is 4.79 Å². The van der Waals surface area contributed by atoms with Crippen molar-refractivity contribution in [2.24, 2.45) is 11.3 Å². The molecule has 5 nitrogen and oxygen atoms in total. The van der Waals surface area contributed by atoms with Crippen molar-refractivity contribution < 1.29 is 19.4 Å². The number of ether oxygens (including phenoxy) is 1. The van der Waals surface area contributed by atoms with Gasteiger partial charge in [0.25, 0.3) is 0 Å². The van der Waals surface area contributed by atoms with Gasteiger partial charge in [0.1, 0.15) is 6.04 Å². The minimum absolute atomic E-state index is 0.0611. The molecule has 2 N–H and O–H groups in total. The van der Waals surface area contributed by atoms with Crippen molar-refractivity contribution >= 4 is 11.9 Å². The molecule has 1 fully saturated rings. The predicted octanol–water partition coefficient (Wildman–Crippen LogP) is 2.20. The number of carbonyl (C=O) groups excluding carboxylic acids is 1. The van der Waals surface area contributed by atoms with Crippen molar-refractivity contribution in [1.29, 1.82) is 0 Å². The topological polar surface area (TPSA) is 75.6 Å². The molecule has 3 atom stereocenters. The molecule has 20 heavy (non-hydrogen) atoms. The number of rotatable bonds is 5. The summed E-state index contributed by atoms with van der Waals surface area (Å²) in [6.07, 6.45) is 2.62. The molecule has 1 aliphatic rings. The van der Waals surface area contributed by atoms with Crippen LogP contribution in [0.2, 0.25) is 0 Å². The van der Waals surface area contributed by atoms with E-state index >= 15 is 0 Å². The lowest BCUT2D eigenvalue weighted by molar-refractivity contribution is -0.143. The average Bonchev–Trinajstić information content (AvgIpc) is 2.32. The number of aliphatic carboxylic acids is 1. The molecule has 1 aliphatic heterocycles. The minimum Gasteiger partial charge on any atom is -0.480 e.